The van der Waals surface area contributed by atoms with Crippen LogP contribution in [0.15, 0.2) is 36.4 Å². The molecule has 2 aromatic carbocycles. The number of carbonyl (C=O) groups is 1. The van der Waals surface area contributed by atoms with Gasteiger partial charge < -0.3 is 10.2 Å². The maximum atomic E-state index is 13.9. The number of aryl methyl sites for hydroxylation is 2. The van der Waals surface area contributed by atoms with Gasteiger partial charge in [0.2, 0.25) is 0 Å². The first-order chi connectivity index (χ1) is 18.6. The molecule has 0 saturated heterocycles. The number of aliphatic hydroxyl groups excluding tert-OH is 2. The predicted molar refractivity (Wildman–Crippen MR) is 161 cm³/mol. The number of rotatable bonds is 22. The number of unbranched alkanes of at least 4 members (excludes halogenated alkanes) is 12. The Hall–Kier alpha value is -1.97. The van der Waals surface area contributed by atoms with E-state index in [4.69, 9.17) is 0 Å². The summed E-state index contributed by atoms with van der Waals surface area (Å²) in [6.07, 6.45) is 20.7. The number of hydrogen-bond donors (Lipinski definition) is 2. The van der Waals surface area contributed by atoms with E-state index in [9.17, 15) is 15.0 Å². The Morgan fingerprint density at radius 3 is 1.26 bits per heavy atom. The van der Waals surface area contributed by atoms with E-state index < -0.39 is 0 Å². The second-order valence-electron chi connectivity index (χ2n) is 11.0. The van der Waals surface area contributed by atoms with Gasteiger partial charge in [-0.3, -0.25) is 4.79 Å². The standard InChI is InChI=1S/C35H54O3/c1-3-5-7-9-11-13-15-17-29-19-21-31(23-25-36)33(27-29)35(38)34-28-30(20-22-32(34)24-26-37)18-16-14-12-10-8-6-4-2/h19-22,27-28,36-37H,3-18,23-26H2,1-2H3. The molecule has 0 aliphatic heterocycles. The lowest BCUT2D eigenvalue weighted by Crippen LogP contribution is -2.12. The minimum Gasteiger partial charge on any atom is -0.396 e. The Labute approximate surface area is 233 Å². The lowest BCUT2D eigenvalue weighted by atomic mass is 9.89. The highest BCUT2D eigenvalue weighted by Crippen LogP contribution is 2.24. The third-order valence-electron chi connectivity index (χ3n) is 7.74. The molecular formula is C35H54O3. The van der Waals surface area contributed by atoms with Crippen molar-refractivity contribution in [1.82, 2.24) is 0 Å². The summed E-state index contributed by atoms with van der Waals surface area (Å²) in [7, 11) is 0. The van der Waals surface area contributed by atoms with Crippen molar-refractivity contribution in [3.8, 4) is 0 Å². The molecule has 0 amide bonds. The zero-order valence-electron chi connectivity index (χ0n) is 24.4. The SMILES string of the molecule is CCCCCCCCCc1ccc(CCO)c(C(=O)c2cc(CCCCCCCCC)ccc2CCO)c1. The van der Waals surface area contributed by atoms with E-state index in [1.165, 1.54) is 88.2 Å². The summed E-state index contributed by atoms with van der Waals surface area (Å²) in [4.78, 5) is 13.9. The van der Waals surface area contributed by atoms with Crippen LogP contribution in [0.2, 0.25) is 0 Å². The number of carbonyl (C=O) groups excluding carboxylic acids is 1. The third kappa shape index (κ3) is 11.8. The first kappa shape index (κ1) is 32.2. The van der Waals surface area contributed by atoms with E-state index in [-0.39, 0.29) is 19.0 Å². The van der Waals surface area contributed by atoms with Crippen LogP contribution in [-0.4, -0.2) is 29.2 Å². The molecule has 3 heteroatoms. The highest BCUT2D eigenvalue weighted by atomic mass is 16.3. The maximum absolute atomic E-state index is 13.9. The van der Waals surface area contributed by atoms with Gasteiger partial charge >= 0.3 is 0 Å². The van der Waals surface area contributed by atoms with Gasteiger partial charge in [0.1, 0.15) is 0 Å². The monoisotopic (exact) mass is 522 g/mol. The fourth-order valence-corrected chi connectivity index (χ4v) is 5.38. The molecule has 38 heavy (non-hydrogen) atoms. The van der Waals surface area contributed by atoms with Crippen molar-refractivity contribution in [3.05, 3.63) is 69.8 Å². The van der Waals surface area contributed by atoms with Gasteiger partial charge in [-0.15, -0.1) is 0 Å². The molecule has 0 spiro atoms. The molecule has 0 aliphatic rings. The van der Waals surface area contributed by atoms with Crippen LogP contribution in [0.3, 0.4) is 0 Å². The molecule has 0 fully saturated rings. The second kappa shape index (κ2) is 20.0. The lowest BCUT2D eigenvalue weighted by molar-refractivity contribution is 0.103. The highest BCUT2D eigenvalue weighted by Gasteiger charge is 2.18. The highest BCUT2D eigenvalue weighted by molar-refractivity contribution is 6.11. The number of aliphatic hydroxyl groups is 2. The van der Waals surface area contributed by atoms with Crippen LogP contribution < -0.4 is 0 Å². The van der Waals surface area contributed by atoms with Gasteiger partial charge in [-0.05, 0) is 72.9 Å². The third-order valence-corrected chi connectivity index (χ3v) is 7.74. The molecular weight excluding hydrogens is 468 g/mol. The summed E-state index contributed by atoms with van der Waals surface area (Å²) >= 11 is 0. The molecule has 0 aliphatic carbocycles. The summed E-state index contributed by atoms with van der Waals surface area (Å²) in [5, 5.41) is 19.3. The van der Waals surface area contributed by atoms with Crippen molar-refractivity contribution in [2.24, 2.45) is 0 Å². The fraction of sp³-hybridized carbons (Fsp3) is 0.629. The molecule has 2 rings (SSSR count). The number of benzene rings is 2. The van der Waals surface area contributed by atoms with E-state index in [1.807, 2.05) is 12.1 Å². The van der Waals surface area contributed by atoms with Gasteiger partial charge in [0.05, 0.1) is 0 Å². The van der Waals surface area contributed by atoms with Gasteiger partial charge in [-0.2, -0.15) is 0 Å². The number of hydrogen-bond acceptors (Lipinski definition) is 3. The molecule has 0 atom stereocenters. The van der Waals surface area contributed by atoms with E-state index in [2.05, 4.69) is 38.1 Å². The van der Waals surface area contributed by atoms with Gasteiger partial charge in [-0.25, -0.2) is 0 Å². The Bertz CT molecular complexity index is 844. The lowest BCUT2D eigenvalue weighted by Gasteiger charge is -2.15. The van der Waals surface area contributed by atoms with E-state index in [1.54, 1.807) is 0 Å². The molecule has 212 valence electrons. The first-order valence-corrected chi connectivity index (χ1v) is 15.6. The average molecular weight is 523 g/mol. The largest absolute Gasteiger partial charge is 0.396 e. The predicted octanol–water partition coefficient (Wildman–Crippen LogP) is 8.57. The van der Waals surface area contributed by atoms with Crippen LogP contribution >= 0.6 is 0 Å². The normalized spacial score (nSPS) is 11.3. The van der Waals surface area contributed by atoms with Gasteiger partial charge in [0.15, 0.2) is 5.78 Å². The summed E-state index contributed by atoms with van der Waals surface area (Å²) in [6.45, 7) is 4.55. The molecule has 2 N–H and O–H groups in total. The molecule has 0 saturated carbocycles. The molecule has 0 bridgehead atoms. The van der Waals surface area contributed by atoms with Crippen LogP contribution in [0.1, 0.15) is 142 Å². The Morgan fingerprint density at radius 1 is 0.526 bits per heavy atom. The molecule has 0 aromatic heterocycles. The summed E-state index contributed by atoms with van der Waals surface area (Å²) < 4.78 is 0. The zero-order chi connectivity index (χ0) is 27.4. The van der Waals surface area contributed by atoms with E-state index >= 15 is 0 Å². The molecule has 2 aromatic rings. The van der Waals surface area contributed by atoms with E-state index in [0.29, 0.717) is 24.0 Å². The van der Waals surface area contributed by atoms with Crippen molar-refractivity contribution in [3.63, 3.8) is 0 Å². The number of ketones is 1. The molecule has 0 heterocycles. The van der Waals surface area contributed by atoms with Crippen LogP contribution in [0.4, 0.5) is 0 Å². The molecule has 0 unspecified atom stereocenters. The summed E-state index contributed by atoms with van der Waals surface area (Å²) in [5.74, 6) is 0.0275. The summed E-state index contributed by atoms with van der Waals surface area (Å²) in [6, 6.07) is 12.5. The van der Waals surface area contributed by atoms with Crippen LogP contribution in [0.5, 0.6) is 0 Å². The quantitative estimate of drug-likeness (QED) is 0.120. The van der Waals surface area contributed by atoms with Gasteiger partial charge in [0.25, 0.3) is 0 Å². The Balaban J connectivity index is 2.12. The Kier molecular flexibility index (Phi) is 17.0. The minimum absolute atomic E-state index is 0.0270. The van der Waals surface area contributed by atoms with Crippen molar-refractivity contribution >= 4 is 5.78 Å². The smallest absolute Gasteiger partial charge is 0.193 e. The minimum atomic E-state index is 0.0270. The van der Waals surface area contributed by atoms with Gasteiger partial charge in [0, 0.05) is 24.3 Å². The summed E-state index contributed by atoms with van der Waals surface area (Å²) in [5.41, 5.74) is 5.65. The van der Waals surface area contributed by atoms with Crippen LogP contribution in [0, 0.1) is 0 Å². The molecule has 3 nitrogen and oxygen atoms in total. The van der Waals surface area contributed by atoms with Crippen molar-refractivity contribution < 1.29 is 15.0 Å². The van der Waals surface area contributed by atoms with Crippen LogP contribution in [-0.2, 0) is 25.7 Å². The molecule has 0 radical (unpaired) electrons. The van der Waals surface area contributed by atoms with Crippen molar-refractivity contribution in [1.29, 1.82) is 0 Å². The maximum Gasteiger partial charge on any atom is 0.193 e. The Morgan fingerprint density at radius 2 is 0.895 bits per heavy atom. The van der Waals surface area contributed by atoms with Gasteiger partial charge in [-0.1, -0.05) is 115 Å². The van der Waals surface area contributed by atoms with Crippen LogP contribution in [0.25, 0.3) is 0 Å². The fourth-order valence-electron chi connectivity index (χ4n) is 5.38. The second-order valence-corrected chi connectivity index (χ2v) is 11.0. The topological polar surface area (TPSA) is 57.5 Å². The first-order valence-electron chi connectivity index (χ1n) is 15.6. The van der Waals surface area contributed by atoms with Crippen molar-refractivity contribution in [2.75, 3.05) is 13.2 Å². The van der Waals surface area contributed by atoms with E-state index in [0.717, 1.165) is 36.8 Å². The zero-order valence-corrected chi connectivity index (χ0v) is 24.4. The average Bonchev–Trinajstić information content (AvgIpc) is 2.93. The van der Waals surface area contributed by atoms with Crippen molar-refractivity contribution in [2.45, 2.75) is 129 Å².